The van der Waals surface area contributed by atoms with Crippen LogP contribution in [0.25, 0.3) is 11.1 Å². The number of para-hydroxylation sites is 2. The predicted octanol–water partition coefficient (Wildman–Crippen LogP) is 2.66. The minimum absolute atomic E-state index is 0.118. The van der Waals surface area contributed by atoms with Gasteiger partial charge in [0.2, 0.25) is 5.91 Å². The van der Waals surface area contributed by atoms with E-state index in [0.29, 0.717) is 18.7 Å². The summed E-state index contributed by atoms with van der Waals surface area (Å²) in [5.74, 6) is 0.995. The number of sulfonamides is 1. The number of nitrogens with zero attached hydrogens (tertiary/aromatic N) is 3. The molecule has 1 saturated heterocycles. The van der Waals surface area contributed by atoms with E-state index in [0.717, 1.165) is 29.8 Å². The van der Waals surface area contributed by atoms with Crippen LogP contribution in [-0.4, -0.2) is 49.2 Å². The number of aromatic nitrogens is 1. The van der Waals surface area contributed by atoms with Gasteiger partial charge in [0.15, 0.2) is 11.5 Å². The van der Waals surface area contributed by atoms with E-state index in [1.165, 1.54) is 6.07 Å². The number of oxazole rings is 1. The molecular weight excluding hydrogens is 416 g/mol. The zero-order valence-corrected chi connectivity index (χ0v) is 17.8. The van der Waals surface area contributed by atoms with Crippen LogP contribution in [0.1, 0.15) is 37.1 Å². The fourth-order valence-electron chi connectivity index (χ4n) is 4.15. The minimum atomic E-state index is -3.62. The van der Waals surface area contributed by atoms with E-state index in [4.69, 9.17) is 4.42 Å². The van der Waals surface area contributed by atoms with Gasteiger partial charge in [-0.15, -0.1) is 0 Å². The maximum atomic E-state index is 12.9. The molecule has 1 aromatic heterocycles. The van der Waals surface area contributed by atoms with Crippen LogP contribution in [0.15, 0.2) is 62.8 Å². The third-order valence-electron chi connectivity index (χ3n) is 5.81. The van der Waals surface area contributed by atoms with E-state index in [1.807, 2.05) is 24.3 Å². The topological polar surface area (TPSA) is 105 Å². The molecule has 31 heavy (non-hydrogen) atoms. The Balaban J connectivity index is 1.27. The Kier molecular flexibility index (Phi) is 4.77. The van der Waals surface area contributed by atoms with Gasteiger partial charge in [0.05, 0.1) is 4.90 Å². The lowest BCUT2D eigenvalue weighted by molar-refractivity contribution is -0.133. The van der Waals surface area contributed by atoms with Crippen molar-refractivity contribution in [2.75, 3.05) is 13.1 Å². The fourth-order valence-corrected chi connectivity index (χ4v) is 5.39. The Morgan fingerprint density at radius 1 is 1.16 bits per heavy atom. The molecule has 1 fully saturated rings. The first-order chi connectivity index (χ1) is 14.9. The second-order valence-electron chi connectivity index (χ2n) is 7.87. The molecule has 3 aromatic rings. The highest BCUT2D eigenvalue weighted by Crippen LogP contribution is 2.30. The van der Waals surface area contributed by atoms with Crippen molar-refractivity contribution in [3.8, 4) is 0 Å². The van der Waals surface area contributed by atoms with Crippen LogP contribution < -0.4 is 4.72 Å². The van der Waals surface area contributed by atoms with E-state index in [9.17, 15) is 13.2 Å². The summed E-state index contributed by atoms with van der Waals surface area (Å²) in [4.78, 5) is 23.9. The number of hydrogen-bond acceptors (Lipinski definition) is 6. The number of fused-ring (bicyclic) bond motifs is 2. The van der Waals surface area contributed by atoms with Crippen molar-refractivity contribution in [3.05, 3.63) is 60.0 Å². The summed E-state index contributed by atoms with van der Waals surface area (Å²) in [5.41, 5.74) is 2.12. The molecule has 0 radical (unpaired) electrons. The van der Waals surface area contributed by atoms with Crippen LogP contribution in [0.3, 0.4) is 0 Å². The van der Waals surface area contributed by atoms with Gasteiger partial charge in [0.1, 0.15) is 17.4 Å². The first-order valence-electron chi connectivity index (χ1n) is 10.3. The molecule has 2 aliphatic heterocycles. The highest BCUT2D eigenvalue weighted by atomic mass is 32.2. The van der Waals surface area contributed by atoms with Crippen LogP contribution in [0, 0.1) is 0 Å². The quantitative estimate of drug-likeness (QED) is 0.677. The monoisotopic (exact) mass is 438 g/mol. The first-order valence-corrected chi connectivity index (χ1v) is 11.7. The molecule has 8 nitrogen and oxygen atoms in total. The number of amides is 1. The third kappa shape index (κ3) is 3.59. The molecule has 0 unspecified atom stereocenters. The van der Waals surface area contributed by atoms with Crippen LogP contribution >= 0.6 is 0 Å². The van der Waals surface area contributed by atoms with E-state index in [-0.39, 0.29) is 22.6 Å². The normalized spacial score (nSPS) is 20.5. The van der Waals surface area contributed by atoms with Gasteiger partial charge in [0.25, 0.3) is 10.0 Å². The van der Waals surface area contributed by atoms with E-state index < -0.39 is 16.1 Å². The maximum Gasteiger partial charge on any atom is 0.263 e. The number of piperidine rings is 1. The molecule has 1 N–H and O–H groups in total. The van der Waals surface area contributed by atoms with Gasteiger partial charge in [-0.25, -0.2) is 13.4 Å². The number of hydrogen-bond donors (Lipinski definition) is 1. The smallest absolute Gasteiger partial charge is 0.263 e. The molecule has 9 heteroatoms. The van der Waals surface area contributed by atoms with Gasteiger partial charge in [-0.05, 0) is 44.0 Å². The van der Waals surface area contributed by atoms with Crippen molar-refractivity contribution in [1.82, 2.24) is 14.6 Å². The van der Waals surface area contributed by atoms with E-state index >= 15 is 0 Å². The number of benzene rings is 2. The highest BCUT2D eigenvalue weighted by molar-refractivity contribution is 7.90. The van der Waals surface area contributed by atoms with Crippen molar-refractivity contribution in [2.24, 2.45) is 4.99 Å². The molecule has 0 aliphatic carbocycles. The molecule has 160 valence electrons. The van der Waals surface area contributed by atoms with Crippen LogP contribution in [-0.2, 0) is 14.8 Å². The molecule has 2 aliphatic rings. The van der Waals surface area contributed by atoms with Gasteiger partial charge in [0, 0.05) is 24.6 Å². The zero-order chi connectivity index (χ0) is 21.6. The summed E-state index contributed by atoms with van der Waals surface area (Å²) in [7, 11) is -3.62. The lowest BCUT2D eigenvalue weighted by Crippen LogP contribution is -2.42. The van der Waals surface area contributed by atoms with Crippen LogP contribution in [0.4, 0.5) is 0 Å². The zero-order valence-electron chi connectivity index (χ0n) is 17.0. The van der Waals surface area contributed by atoms with Crippen LogP contribution in [0.5, 0.6) is 0 Å². The number of rotatable bonds is 3. The fraction of sp³-hybridized carbons (Fsp3) is 0.318. The minimum Gasteiger partial charge on any atom is -0.440 e. The van der Waals surface area contributed by atoms with E-state index in [1.54, 1.807) is 30.0 Å². The Morgan fingerprint density at radius 3 is 2.65 bits per heavy atom. The average Bonchev–Trinajstić information content (AvgIpc) is 3.32. The standard InChI is InChI=1S/C22H22N4O4S/c1-14(23-20-16-6-2-5-9-19(16)31(28,29)25-20)22(27)26-12-10-15(11-13-26)21-24-17-7-3-4-8-18(17)30-21/h2-9,14-15H,10-13H2,1H3,(H,23,25)/t14-/m1/s1. The Morgan fingerprint density at radius 2 is 1.87 bits per heavy atom. The summed E-state index contributed by atoms with van der Waals surface area (Å²) >= 11 is 0. The second-order valence-corrected chi connectivity index (χ2v) is 9.53. The Bertz CT molecular complexity index is 1260. The van der Waals surface area contributed by atoms with Crippen molar-refractivity contribution in [3.63, 3.8) is 0 Å². The number of likely N-dealkylation sites (tertiary alicyclic amines) is 1. The highest BCUT2D eigenvalue weighted by Gasteiger charge is 2.33. The van der Waals surface area contributed by atoms with Gasteiger partial charge >= 0.3 is 0 Å². The predicted molar refractivity (Wildman–Crippen MR) is 115 cm³/mol. The van der Waals surface area contributed by atoms with Crippen LogP contribution in [0.2, 0.25) is 0 Å². The summed E-state index contributed by atoms with van der Waals surface area (Å²) < 4.78 is 32.8. The van der Waals surface area contributed by atoms with E-state index in [2.05, 4.69) is 14.7 Å². The summed E-state index contributed by atoms with van der Waals surface area (Å²) in [6, 6.07) is 13.6. The molecule has 1 amide bonds. The molecule has 5 rings (SSSR count). The maximum absolute atomic E-state index is 12.9. The lowest BCUT2D eigenvalue weighted by atomic mass is 9.96. The Labute approximate surface area is 180 Å². The number of carbonyl (C=O) groups excluding carboxylic acids is 1. The van der Waals surface area contributed by atoms with Gasteiger partial charge in [-0.3, -0.25) is 14.5 Å². The third-order valence-corrected chi connectivity index (χ3v) is 7.21. The molecule has 0 saturated carbocycles. The number of carbonyl (C=O) groups is 1. The number of amidine groups is 1. The lowest BCUT2D eigenvalue weighted by Gasteiger charge is -2.31. The van der Waals surface area contributed by atoms with Gasteiger partial charge in [-0.2, -0.15) is 0 Å². The molecule has 3 heterocycles. The second kappa shape index (κ2) is 7.49. The van der Waals surface area contributed by atoms with Crippen molar-refractivity contribution < 1.29 is 17.6 Å². The molecule has 1 atom stereocenters. The summed E-state index contributed by atoms with van der Waals surface area (Å²) in [6.45, 7) is 2.86. The SMILES string of the molecule is C[C@@H](N=C1NS(=O)(=O)c2ccccc21)C(=O)N1CCC(c2nc3ccccc3o2)CC1. The average molecular weight is 439 g/mol. The number of nitrogens with one attached hydrogen (secondary N) is 1. The molecule has 2 aromatic carbocycles. The largest absolute Gasteiger partial charge is 0.440 e. The molecule has 0 spiro atoms. The molecular formula is C22H22N4O4S. The summed E-state index contributed by atoms with van der Waals surface area (Å²) in [6.07, 6.45) is 1.52. The summed E-state index contributed by atoms with van der Waals surface area (Å²) in [5, 5.41) is 0. The molecule has 0 bridgehead atoms. The van der Waals surface area contributed by atoms with Gasteiger partial charge in [-0.1, -0.05) is 24.3 Å². The van der Waals surface area contributed by atoms with Gasteiger partial charge < -0.3 is 9.32 Å². The Hall–Kier alpha value is -3.20. The van der Waals surface area contributed by atoms with Crippen molar-refractivity contribution in [1.29, 1.82) is 0 Å². The number of aliphatic imine (C=N–C) groups is 1. The van der Waals surface area contributed by atoms with Crippen molar-refractivity contribution in [2.45, 2.75) is 36.6 Å². The first kappa shape index (κ1) is 19.7. The van der Waals surface area contributed by atoms with Crippen molar-refractivity contribution >= 4 is 32.9 Å².